The van der Waals surface area contributed by atoms with Crippen molar-refractivity contribution >= 4 is 23.4 Å². The number of ether oxygens (including phenoxy) is 2. The van der Waals surface area contributed by atoms with Gasteiger partial charge in [0.25, 0.3) is 0 Å². The zero-order valence-corrected chi connectivity index (χ0v) is 19.8. The lowest BCUT2D eigenvalue weighted by atomic mass is 10.1. The molecule has 1 heterocycles. The summed E-state index contributed by atoms with van der Waals surface area (Å²) in [5.41, 5.74) is 1.89. The zero-order valence-electron chi connectivity index (χ0n) is 19.1. The second-order valence-corrected chi connectivity index (χ2v) is 8.45. The van der Waals surface area contributed by atoms with Gasteiger partial charge in [-0.25, -0.2) is 9.78 Å². The molecule has 0 radical (unpaired) electrons. The molecule has 2 aromatic carbocycles. The highest BCUT2D eigenvalue weighted by Crippen LogP contribution is 2.20. The number of imidazole rings is 1. The molecule has 176 valence electrons. The van der Waals surface area contributed by atoms with Gasteiger partial charge in [-0.05, 0) is 61.2 Å². The molecule has 0 fully saturated rings. The van der Waals surface area contributed by atoms with Crippen molar-refractivity contribution in [1.29, 1.82) is 0 Å². The van der Waals surface area contributed by atoms with Crippen LogP contribution >= 0.6 is 11.6 Å². The third kappa shape index (κ3) is 9.18. The monoisotopic (exact) mass is 469 g/mol. The summed E-state index contributed by atoms with van der Waals surface area (Å²) < 4.78 is 13.5. The predicted molar refractivity (Wildman–Crippen MR) is 132 cm³/mol. The third-order valence-electron chi connectivity index (χ3n) is 5.28. The Bertz CT molecular complexity index is 944. The lowest BCUT2D eigenvalue weighted by molar-refractivity contribution is 0.159. The number of carbonyl (C=O) groups excluding carboxylic acids is 1. The second-order valence-electron chi connectivity index (χ2n) is 8.01. The van der Waals surface area contributed by atoms with Gasteiger partial charge in [0.1, 0.15) is 11.9 Å². The van der Waals surface area contributed by atoms with Gasteiger partial charge in [-0.1, -0.05) is 49.9 Å². The molecule has 0 aliphatic heterocycles. The van der Waals surface area contributed by atoms with Gasteiger partial charge in [0.15, 0.2) is 0 Å². The Morgan fingerprint density at radius 1 is 1.09 bits per heavy atom. The highest BCUT2D eigenvalue weighted by Gasteiger charge is 2.13. The molecule has 0 aliphatic carbocycles. The van der Waals surface area contributed by atoms with Crippen LogP contribution in [0.2, 0.25) is 5.02 Å². The van der Waals surface area contributed by atoms with E-state index in [1.807, 2.05) is 59.3 Å². The molecule has 1 amide bonds. The van der Waals surface area contributed by atoms with Crippen LogP contribution in [0.15, 0.2) is 67.3 Å². The fourth-order valence-corrected chi connectivity index (χ4v) is 3.58. The molecular weight excluding hydrogens is 438 g/mol. The van der Waals surface area contributed by atoms with Crippen molar-refractivity contribution in [3.05, 3.63) is 77.8 Å². The number of amides is 1. The smallest absolute Gasteiger partial charge is 0.411 e. The van der Waals surface area contributed by atoms with Crippen molar-refractivity contribution in [2.45, 2.75) is 58.1 Å². The Morgan fingerprint density at radius 3 is 2.58 bits per heavy atom. The molecule has 1 aromatic heterocycles. The van der Waals surface area contributed by atoms with E-state index < -0.39 is 6.09 Å². The first-order valence-corrected chi connectivity index (χ1v) is 11.9. The van der Waals surface area contributed by atoms with Crippen LogP contribution in [-0.4, -0.2) is 28.4 Å². The number of anilines is 1. The SMILES string of the molecule is CCCCCCOC(=O)Nc1ccc(OC(CCc2ccc(Cl)cc2)Cn2ccnc2)cc1. The third-order valence-corrected chi connectivity index (χ3v) is 5.53. The fourth-order valence-electron chi connectivity index (χ4n) is 3.45. The quantitative estimate of drug-likeness (QED) is 0.281. The van der Waals surface area contributed by atoms with E-state index in [9.17, 15) is 4.79 Å². The van der Waals surface area contributed by atoms with E-state index >= 15 is 0 Å². The maximum Gasteiger partial charge on any atom is 0.411 e. The van der Waals surface area contributed by atoms with Crippen LogP contribution in [0.25, 0.3) is 0 Å². The molecular formula is C26H32ClN3O3. The number of carbonyl (C=O) groups is 1. The number of nitrogens with zero attached hydrogens (tertiary/aromatic N) is 2. The van der Waals surface area contributed by atoms with E-state index in [4.69, 9.17) is 21.1 Å². The van der Waals surface area contributed by atoms with Crippen molar-refractivity contribution in [2.24, 2.45) is 0 Å². The predicted octanol–water partition coefficient (Wildman–Crippen LogP) is 6.75. The number of benzene rings is 2. The summed E-state index contributed by atoms with van der Waals surface area (Å²) in [5.74, 6) is 0.745. The van der Waals surface area contributed by atoms with Crippen molar-refractivity contribution in [3.8, 4) is 5.75 Å². The van der Waals surface area contributed by atoms with Gasteiger partial charge in [-0.15, -0.1) is 0 Å². The molecule has 0 saturated heterocycles. The molecule has 1 N–H and O–H groups in total. The van der Waals surface area contributed by atoms with Gasteiger partial charge in [0.2, 0.25) is 0 Å². The molecule has 1 atom stereocenters. The summed E-state index contributed by atoms with van der Waals surface area (Å²) in [5, 5.41) is 3.50. The van der Waals surface area contributed by atoms with E-state index in [-0.39, 0.29) is 6.10 Å². The minimum Gasteiger partial charge on any atom is -0.489 e. The number of rotatable bonds is 13. The van der Waals surface area contributed by atoms with Crippen LogP contribution in [0.5, 0.6) is 5.75 Å². The van der Waals surface area contributed by atoms with Crippen molar-refractivity contribution in [2.75, 3.05) is 11.9 Å². The van der Waals surface area contributed by atoms with Crippen molar-refractivity contribution in [1.82, 2.24) is 9.55 Å². The van der Waals surface area contributed by atoms with Gasteiger partial charge in [0.05, 0.1) is 19.5 Å². The number of halogens is 1. The summed E-state index contributed by atoms with van der Waals surface area (Å²) in [6.07, 6.45) is 11.0. The highest BCUT2D eigenvalue weighted by atomic mass is 35.5. The van der Waals surface area contributed by atoms with Gasteiger partial charge >= 0.3 is 6.09 Å². The lowest BCUT2D eigenvalue weighted by Crippen LogP contribution is -2.23. The fraction of sp³-hybridized carbons (Fsp3) is 0.385. The van der Waals surface area contributed by atoms with Crippen LogP contribution < -0.4 is 10.1 Å². The largest absolute Gasteiger partial charge is 0.489 e. The summed E-state index contributed by atoms with van der Waals surface area (Å²) in [6.45, 7) is 3.29. The van der Waals surface area contributed by atoms with Gasteiger partial charge in [-0.3, -0.25) is 5.32 Å². The van der Waals surface area contributed by atoms with Crippen LogP contribution in [-0.2, 0) is 17.7 Å². The van der Waals surface area contributed by atoms with Crippen LogP contribution in [0.1, 0.15) is 44.6 Å². The number of hydrogen-bond donors (Lipinski definition) is 1. The number of unbranched alkanes of at least 4 members (excludes halogenated alkanes) is 3. The maximum atomic E-state index is 11.9. The summed E-state index contributed by atoms with van der Waals surface area (Å²) in [4.78, 5) is 16.1. The Morgan fingerprint density at radius 2 is 1.88 bits per heavy atom. The highest BCUT2D eigenvalue weighted by molar-refractivity contribution is 6.30. The molecule has 33 heavy (non-hydrogen) atoms. The Kier molecular flexibility index (Phi) is 10.1. The molecule has 0 saturated carbocycles. The Hall–Kier alpha value is -2.99. The molecule has 7 heteroatoms. The van der Waals surface area contributed by atoms with Crippen molar-refractivity contribution in [3.63, 3.8) is 0 Å². The van der Waals surface area contributed by atoms with Gasteiger partial charge in [-0.2, -0.15) is 0 Å². The van der Waals surface area contributed by atoms with Crippen LogP contribution in [0, 0.1) is 0 Å². The van der Waals surface area contributed by atoms with E-state index in [1.54, 1.807) is 12.5 Å². The van der Waals surface area contributed by atoms with E-state index in [0.717, 1.165) is 49.3 Å². The van der Waals surface area contributed by atoms with Crippen LogP contribution in [0.3, 0.4) is 0 Å². The minimum absolute atomic E-state index is 0.0400. The van der Waals surface area contributed by atoms with Gasteiger partial charge < -0.3 is 14.0 Å². The summed E-state index contributed by atoms with van der Waals surface area (Å²) in [6, 6.07) is 15.3. The van der Waals surface area contributed by atoms with E-state index in [1.165, 1.54) is 5.56 Å². The van der Waals surface area contributed by atoms with Crippen molar-refractivity contribution < 1.29 is 14.3 Å². The zero-order chi connectivity index (χ0) is 23.3. The first-order chi connectivity index (χ1) is 16.1. The normalized spacial score (nSPS) is 11.7. The number of nitrogens with one attached hydrogen (secondary N) is 1. The van der Waals surface area contributed by atoms with Crippen LogP contribution in [0.4, 0.5) is 10.5 Å². The summed E-state index contributed by atoms with van der Waals surface area (Å²) in [7, 11) is 0. The molecule has 0 bridgehead atoms. The molecule has 0 aliphatic rings. The average molecular weight is 470 g/mol. The maximum absolute atomic E-state index is 11.9. The average Bonchev–Trinajstić information content (AvgIpc) is 3.33. The minimum atomic E-state index is -0.430. The van der Waals surface area contributed by atoms with E-state index in [2.05, 4.69) is 17.2 Å². The summed E-state index contributed by atoms with van der Waals surface area (Å²) >= 11 is 5.99. The standard InChI is InChI=1S/C26H32ClN3O3/c1-2-3-4-5-18-32-26(31)29-23-11-14-24(15-12-23)33-25(19-30-17-16-28-20-30)13-8-21-6-9-22(27)10-7-21/h6-7,9-12,14-17,20,25H,2-5,8,13,18-19H2,1H3,(H,29,31). The first-order valence-electron chi connectivity index (χ1n) is 11.5. The second kappa shape index (κ2) is 13.5. The molecule has 1 unspecified atom stereocenters. The van der Waals surface area contributed by atoms with Gasteiger partial charge in [0, 0.05) is 23.1 Å². The number of aryl methyl sites for hydroxylation is 1. The number of aromatic nitrogens is 2. The lowest BCUT2D eigenvalue weighted by Gasteiger charge is -2.20. The molecule has 0 spiro atoms. The Balaban J connectivity index is 1.52. The number of hydrogen-bond acceptors (Lipinski definition) is 4. The molecule has 3 aromatic rings. The molecule has 3 rings (SSSR count). The first kappa shape index (κ1) is 24.6. The van der Waals surface area contributed by atoms with E-state index in [0.29, 0.717) is 18.8 Å². The molecule has 6 nitrogen and oxygen atoms in total. The topological polar surface area (TPSA) is 65.4 Å². The Labute approximate surface area is 200 Å².